The molecular formula is C19H18N2O6. The molecule has 1 amide bonds. The Morgan fingerprint density at radius 2 is 1.93 bits per heavy atom. The van der Waals surface area contributed by atoms with Crippen molar-refractivity contribution in [3.05, 3.63) is 64.2 Å². The summed E-state index contributed by atoms with van der Waals surface area (Å²) in [6.45, 7) is 1.59. The maximum atomic E-state index is 12.4. The zero-order valence-electron chi connectivity index (χ0n) is 14.6. The molecule has 8 nitrogen and oxygen atoms in total. The van der Waals surface area contributed by atoms with E-state index in [2.05, 4.69) is 5.32 Å². The van der Waals surface area contributed by atoms with Crippen LogP contribution in [0.4, 0.5) is 11.4 Å². The summed E-state index contributed by atoms with van der Waals surface area (Å²) in [5, 5.41) is 13.4. The molecule has 1 aliphatic rings. The van der Waals surface area contributed by atoms with Gasteiger partial charge in [0.1, 0.15) is 18.0 Å². The van der Waals surface area contributed by atoms with Crippen molar-refractivity contribution in [1.29, 1.82) is 0 Å². The Bertz CT molecular complexity index is 882. The van der Waals surface area contributed by atoms with Crippen LogP contribution in [0.5, 0.6) is 5.75 Å². The van der Waals surface area contributed by atoms with Gasteiger partial charge in [-0.25, -0.2) is 0 Å². The van der Waals surface area contributed by atoms with Crippen LogP contribution in [0.25, 0.3) is 0 Å². The number of para-hydroxylation sites is 3. The van der Waals surface area contributed by atoms with Gasteiger partial charge in [0.2, 0.25) is 0 Å². The average Bonchev–Trinajstić information content (AvgIpc) is 2.67. The second-order valence-electron chi connectivity index (χ2n) is 6.16. The number of ether oxygens (including phenoxy) is 2. The van der Waals surface area contributed by atoms with Gasteiger partial charge in [0.05, 0.1) is 10.8 Å². The number of fused-ring (bicyclic) bond motifs is 1. The van der Waals surface area contributed by atoms with Crippen molar-refractivity contribution < 1.29 is 24.0 Å². The van der Waals surface area contributed by atoms with Crippen molar-refractivity contribution in [2.24, 2.45) is 5.92 Å². The third-order valence-electron chi connectivity index (χ3n) is 4.23. The number of hydrogen-bond acceptors (Lipinski definition) is 6. The first-order chi connectivity index (χ1) is 13.0. The Morgan fingerprint density at radius 3 is 2.70 bits per heavy atom. The monoisotopic (exact) mass is 370 g/mol. The minimum Gasteiger partial charge on any atom is -0.492 e. The number of benzene rings is 2. The Hall–Kier alpha value is -3.42. The van der Waals surface area contributed by atoms with E-state index in [4.69, 9.17) is 9.47 Å². The van der Waals surface area contributed by atoms with Gasteiger partial charge in [-0.05, 0) is 31.0 Å². The fourth-order valence-electron chi connectivity index (χ4n) is 2.78. The highest BCUT2D eigenvalue weighted by molar-refractivity contribution is 5.97. The zero-order chi connectivity index (χ0) is 19.4. The van der Waals surface area contributed by atoms with Crippen LogP contribution in [-0.2, 0) is 20.7 Å². The highest BCUT2D eigenvalue weighted by Crippen LogP contribution is 2.28. The lowest BCUT2D eigenvalue weighted by molar-refractivity contribution is -0.383. The molecule has 1 aliphatic heterocycles. The van der Waals surface area contributed by atoms with Crippen molar-refractivity contribution >= 4 is 23.3 Å². The van der Waals surface area contributed by atoms with Gasteiger partial charge in [-0.2, -0.15) is 0 Å². The van der Waals surface area contributed by atoms with Crippen LogP contribution >= 0.6 is 0 Å². The molecule has 0 unspecified atom stereocenters. The standard InChI is InChI=1S/C19H18N2O6/c1-12(18(22)20-15-7-3-4-8-16(15)21(24)25)27-19(23)14-10-13-6-2-5-9-17(13)26-11-14/h2-9,12,14H,10-11H2,1H3,(H,20,22)/t12-,14-/m0/s1. The van der Waals surface area contributed by atoms with Crippen molar-refractivity contribution in [2.45, 2.75) is 19.4 Å². The van der Waals surface area contributed by atoms with Gasteiger partial charge < -0.3 is 14.8 Å². The fraction of sp³-hybridized carbons (Fsp3) is 0.263. The molecule has 8 heteroatoms. The van der Waals surface area contributed by atoms with Crippen LogP contribution in [0.2, 0.25) is 0 Å². The van der Waals surface area contributed by atoms with Crippen molar-refractivity contribution in [2.75, 3.05) is 11.9 Å². The summed E-state index contributed by atoms with van der Waals surface area (Å²) >= 11 is 0. The third-order valence-corrected chi connectivity index (χ3v) is 4.23. The van der Waals surface area contributed by atoms with E-state index in [0.29, 0.717) is 6.42 Å². The van der Waals surface area contributed by atoms with Crippen LogP contribution in [0, 0.1) is 16.0 Å². The van der Waals surface area contributed by atoms with Crippen LogP contribution in [-0.4, -0.2) is 29.5 Å². The lowest BCUT2D eigenvalue weighted by Crippen LogP contribution is -2.36. The minimum absolute atomic E-state index is 0.0466. The molecular weight excluding hydrogens is 352 g/mol. The topological polar surface area (TPSA) is 108 Å². The van der Waals surface area contributed by atoms with Gasteiger partial charge in [-0.3, -0.25) is 19.7 Å². The summed E-state index contributed by atoms with van der Waals surface area (Å²) < 4.78 is 10.8. The smallest absolute Gasteiger partial charge is 0.313 e. The first-order valence-corrected chi connectivity index (χ1v) is 8.41. The van der Waals surface area contributed by atoms with E-state index in [9.17, 15) is 19.7 Å². The quantitative estimate of drug-likeness (QED) is 0.492. The summed E-state index contributed by atoms with van der Waals surface area (Å²) in [6.07, 6.45) is -0.637. The summed E-state index contributed by atoms with van der Waals surface area (Å²) in [4.78, 5) is 35.0. The molecule has 0 aliphatic carbocycles. The molecule has 0 saturated carbocycles. The van der Waals surface area contributed by atoms with E-state index in [0.717, 1.165) is 11.3 Å². The van der Waals surface area contributed by atoms with E-state index in [1.54, 1.807) is 6.07 Å². The van der Waals surface area contributed by atoms with Crippen LogP contribution < -0.4 is 10.1 Å². The van der Waals surface area contributed by atoms with E-state index < -0.39 is 28.8 Å². The molecule has 2 aromatic rings. The van der Waals surface area contributed by atoms with Gasteiger partial charge in [0, 0.05) is 6.07 Å². The molecule has 0 aromatic heterocycles. The number of hydrogen-bond donors (Lipinski definition) is 1. The Balaban J connectivity index is 1.60. The van der Waals surface area contributed by atoms with Gasteiger partial charge in [-0.15, -0.1) is 0 Å². The van der Waals surface area contributed by atoms with Gasteiger partial charge >= 0.3 is 5.97 Å². The molecule has 27 heavy (non-hydrogen) atoms. The number of nitrogens with one attached hydrogen (secondary N) is 1. The molecule has 2 atom stereocenters. The molecule has 1 N–H and O–H groups in total. The molecule has 0 fully saturated rings. The highest BCUT2D eigenvalue weighted by atomic mass is 16.6. The number of carbonyl (C=O) groups excluding carboxylic acids is 2. The summed E-state index contributed by atoms with van der Waals surface area (Å²) in [7, 11) is 0. The van der Waals surface area contributed by atoms with Crippen LogP contribution in [0.1, 0.15) is 12.5 Å². The van der Waals surface area contributed by atoms with E-state index in [1.165, 1.54) is 25.1 Å². The fourth-order valence-corrected chi connectivity index (χ4v) is 2.78. The lowest BCUT2D eigenvalue weighted by Gasteiger charge is -2.25. The highest BCUT2D eigenvalue weighted by Gasteiger charge is 2.30. The van der Waals surface area contributed by atoms with Crippen LogP contribution in [0.3, 0.4) is 0 Å². The van der Waals surface area contributed by atoms with Crippen molar-refractivity contribution in [3.8, 4) is 5.75 Å². The first-order valence-electron chi connectivity index (χ1n) is 8.41. The van der Waals surface area contributed by atoms with E-state index >= 15 is 0 Å². The second-order valence-corrected chi connectivity index (χ2v) is 6.16. The minimum atomic E-state index is -1.10. The largest absolute Gasteiger partial charge is 0.492 e. The normalized spacial score (nSPS) is 16.4. The first kappa shape index (κ1) is 18.4. The number of nitro benzene ring substituents is 1. The predicted octanol–water partition coefficient (Wildman–Crippen LogP) is 2.72. The Labute approximate surface area is 155 Å². The van der Waals surface area contributed by atoms with Crippen molar-refractivity contribution in [3.63, 3.8) is 0 Å². The lowest BCUT2D eigenvalue weighted by atomic mass is 9.97. The molecule has 2 aromatic carbocycles. The molecule has 140 valence electrons. The number of anilines is 1. The summed E-state index contributed by atoms with van der Waals surface area (Å²) in [5.74, 6) is -0.963. The Kier molecular flexibility index (Phi) is 5.35. The molecule has 0 saturated heterocycles. The van der Waals surface area contributed by atoms with Gasteiger partial charge in [0.15, 0.2) is 6.10 Å². The number of amides is 1. The summed E-state index contributed by atoms with van der Waals surface area (Å²) in [5.41, 5.74) is 0.717. The average molecular weight is 370 g/mol. The second kappa shape index (κ2) is 7.86. The molecule has 0 radical (unpaired) electrons. The molecule has 0 bridgehead atoms. The number of carbonyl (C=O) groups is 2. The Morgan fingerprint density at radius 1 is 1.22 bits per heavy atom. The molecule has 0 spiro atoms. The maximum Gasteiger partial charge on any atom is 0.313 e. The summed E-state index contributed by atoms with van der Waals surface area (Å²) in [6, 6.07) is 13.2. The molecule has 3 rings (SSSR count). The van der Waals surface area contributed by atoms with Crippen LogP contribution in [0.15, 0.2) is 48.5 Å². The number of esters is 1. The third kappa shape index (κ3) is 4.22. The molecule has 1 heterocycles. The maximum absolute atomic E-state index is 12.4. The van der Waals surface area contributed by atoms with E-state index in [-0.39, 0.29) is 18.0 Å². The number of rotatable bonds is 5. The van der Waals surface area contributed by atoms with Gasteiger partial charge in [-0.1, -0.05) is 30.3 Å². The van der Waals surface area contributed by atoms with Crippen molar-refractivity contribution in [1.82, 2.24) is 0 Å². The van der Waals surface area contributed by atoms with E-state index in [1.807, 2.05) is 24.3 Å². The SMILES string of the molecule is C[C@H](OC(=O)[C@@H]1COc2ccccc2C1)C(=O)Nc1ccccc1[N+](=O)[O-]. The number of nitrogens with zero attached hydrogens (tertiary/aromatic N) is 1. The van der Waals surface area contributed by atoms with Gasteiger partial charge in [0.25, 0.3) is 11.6 Å². The predicted molar refractivity (Wildman–Crippen MR) is 96.4 cm³/mol. The zero-order valence-corrected chi connectivity index (χ0v) is 14.6. The number of nitro groups is 1.